The lowest BCUT2D eigenvalue weighted by Gasteiger charge is -2.12. The van der Waals surface area contributed by atoms with E-state index in [9.17, 15) is 8.42 Å². The van der Waals surface area contributed by atoms with Crippen LogP contribution in [0.3, 0.4) is 0 Å². The van der Waals surface area contributed by atoms with Crippen LogP contribution in [0.25, 0.3) is 0 Å². The molecular weight excluding hydrogens is 264 g/mol. The third-order valence-corrected chi connectivity index (χ3v) is 4.71. The van der Waals surface area contributed by atoms with E-state index in [4.69, 9.17) is 0 Å². The van der Waals surface area contributed by atoms with E-state index in [1.165, 1.54) is 13.5 Å². The van der Waals surface area contributed by atoms with Crippen molar-refractivity contribution in [2.75, 3.05) is 24.7 Å². The van der Waals surface area contributed by atoms with Crippen LogP contribution < -0.4 is 10.0 Å². The Kier molecular flexibility index (Phi) is 4.71. The molecule has 0 radical (unpaired) electrons. The summed E-state index contributed by atoms with van der Waals surface area (Å²) < 4.78 is 25.0. The summed E-state index contributed by atoms with van der Waals surface area (Å²) in [5.41, 5.74) is 2.26. The van der Waals surface area contributed by atoms with E-state index in [1.807, 2.05) is 0 Å². The maximum absolute atomic E-state index is 11.3. The Bertz CT molecular complexity index is 531. The zero-order valence-corrected chi connectivity index (χ0v) is 12.0. The van der Waals surface area contributed by atoms with Crippen molar-refractivity contribution in [3.05, 3.63) is 17.6 Å². The molecule has 1 aromatic rings. The molecule has 0 aromatic carbocycles. The summed E-state index contributed by atoms with van der Waals surface area (Å²) in [5.74, 6) is 0.834. The van der Waals surface area contributed by atoms with Crippen LogP contribution in [-0.4, -0.2) is 37.7 Å². The van der Waals surface area contributed by atoms with Gasteiger partial charge in [-0.2, -0.15) is 0 Å². The summed E-state index contributed by atoms with van der Waals surface area (Å²) in [6.45, 7) is 0.354. The lowest BCUT2D eigenvalue weighted by Crippen LogP contribution is -2.26. The van der Waals surface area contributed by atoms with Gasteiger partial charge in [0.25, 0.3) is 0 Å². The van der Waals surface area contributed by atoms with Crippen molar-refractivity contribution in [3.8, 4) is 0 Å². The molecular formula is C12H20N4O2S. The Morgan fingerprint density at radius 1 is 1.21 bits per heavy atom. The number of hydrogen-bond donors (Lipinski definition) is 2. The van der Waals surface area contributed by atoms with Crippen LogP contribution in [0.5, 0.6) is 0 Å². The number of fused-ring (bicyclic) bond motifs is 1. The molecule has 1 heterocycles. The summed E-state index contributed by atoms with van der Waals surface area (Å²) in [6.07, 6.45) is 7.03. The first-order chi connectivity index (χ1) is 9.12. The van der Waals surface area contributed by atoms with Gasteiger partial charge in [-0.25, -0.2) is 23.1 Å². The van der Waals surface area contributed by atoms with Crippen molar-refractivity contribution < 1.29 is 8.42 Å². The van der Waals surface area contributed by atoms with Gasteiger partial charge >= 0.3 is 0 Å². The summed E-state index contributed by atoms with van der Waals surface area (Å²) >= 11 is 0. The average molecular weight is 284 g/mol. The molecule has 6 nitrogen and oxygen atoms in total. The minimum absolute atomic E-state index is 0.0439. The second-order valence-electron chi connectivity index (χ2n) is 4.66. The molecule has 0 amide bonds. The predicted molar refractivity (Wildman–Crippen MR) is 74.6 cm³/mol. The third kappa shape index (κ3) is 3.87. The van der Waals surface area contributed by atoms with Crippen LogP contribution >= 0.6 is 0 Å². The maximum Gasteiger partial charge on any atom is 0.213 e. The number of nitrogens with zero attached hydrogens (tertiary/aromatic N) is 2. The molecule has 0 aliphatic heterocycles. The van der Waals surface area contributed by atoms with Crippen LogP contribution in [0.2, 0.25) is 0 Å². The minimum atomic E-state index is -3.17. The molecule has 2 rings (SSSR count). The topological polar surface area (TPSA) is 84.0 Å². The number of aryl methyl sites for hydroxylation is 1. The normalized spacial score (nSPS) is 15.6. The van der Waals surface area contributed by atoms with Crippen molar-refractivity contribution in [2.24, 2.45) is 0 Å². The Morgan fingerprint density at radius 3 is 2.79 bits per heavy atom. The Hall–Kier alpha value is -1.21. The first kappa shape index (κ1) is 14.2. The van der Waals surface area contributed by atoms with Gasteiger partial charge in [-0.1, -0.05) is 6.42 Å². The zero-order valence-electron chi connectivity index (χ0n) is 11.1. The third-order valence-electron chi connectivity index (χ3n) is 3.35. The predicted octanol–water partition coefficient (Wildman–Crippen LogP) is 0.707. The maximum atomic E-state index is 11.3. The summed E-state index contributed by atoms with van der Waals surface area (Å²) in [6, 6.07) is 0. The molecule has 7 heteroatoms. The molecule has 1 aliphatic rings. The molecule has 0 saturated heterocycles. The molecule has 1 aliphatic carbocycles. The molecule has 0 saturated carbocycles. The van der Waals surface area contributed by atoms with Crippen LogP contribution in [0.4, 0.5) is 5.82 Å². The number of sulfonamides is 1. The van der Waals surface area contributed by atoms with Crippen LogP contribution in [-0.2, 0) is 22.9 Å². The molecule has 0 spiro atoms. The van der Waals surface area contributed by atoms with E-state index in [2.05, 4.69) is 20.0 Å². The van der Waals surface area contributed by atoms with Gasteiger partial charge in [-0.3, -0.25) is 0 Å². The van der Waals surface area contributed by atoms with Gasteiger partial charge in [0.1, 0.15) is 12.1 Å². The minimum Gasteiger partial charge on any atom is -0.369 e. The highest BCUT2D eigenvalue weighted by atomic mass is 32.2. The number of nitrogens with one attached hydrogen (secondary N) is 2. The monoisotopic (exact) mass is 284 g/mol. The molecule has 0 unspecified atom stereocenters. The standard InChI is InChI=1S/C12H20N4O2S/c1-13-19(17,18)8-7-14-12-10-5-3-2-4-6-11(10)15-9-16-12/h9,13H,2-8H2,1H3,(H,14,15,16). The van der Waals surface area contributed by atoms with Crippen molar-refractivity contribution in [1.29, 1.82) is 0 Å². The highest BCUT2D eigenvalue weighted by Crippen LogP contribution is 2.23. The molecule has 0 fully saturated rings. The lowest BCUT2D eigenvalue weighted by atomic mass is 10.1. The zero-order chi connectivity index (χ0) is 13.7. The Labute approximate surface area is 114 Å². The van der Waals surface area contributed by atoms with Gasteiger partial charge in [-0.05, 0) is 32.7 Å². The molecule has 106 valence electrons. The number of rotatable bonds is 5. The van der Waals surface area contributed by atoms with E-state index in [1.54, 1.807) is 6.33 Å². The molecule has 0 bridgehead atoms. The SMILES string of the molecule is CNS(=O)(=O)CCNc1ncnc2c1CCCCC2. The van der Waals surface area contributed by atoms with Crippen LogP contribution in [0.1, 0.15) is 30.5 Å². The molecule has 0 atom stereocenters. The van der Waals surface area contributed by atoms with E-state index in [-0.39, 0.29) is 5.75 Å². The molecule has 1 aromatic heterocycles. The van der Waals surface area contributed by atoms with Gasteiger partial charge in [0.15, 0.2) is 0 Å². The first-order valence-corrected chi connectivity index (χ1v) is 8.25. The van der Waals surface area contributed by atoms with Gasteiger partial charge in [-0.15, -0.1) is 0 Å². The first-order valence-electron chi connectivity index (χ1n) is 6.60. The fourth-order valence-corrected chi connectivity index (χ4v) is 2.83. The van der Waals surface area contributed by atoms with E-state index in [0.717, 1.165) is 42.8 Å². The van der Waals surface area contributed by atoms with Crippen LogP contribution in [0, 0.1) is 0 Å². The van der Waals surface area contributed by atoms with Crippen molar-refractivity contribution in [1.82, 2.24) is 14.7 Å². The number of hydrogen-bond acceptors (Lipinski definition) is 5. The van der Waals surface area contributed by atoms with Crippen LogP contribution in [0.15, 0.2) is 6.33 Å². The van der Waals surface area contributed by atoms with Gasteiger partial charge in [0.2, 0.25) is 10.0 Å². The fraction of sp³-hybridized carbons (Fsp3) is 0.667. The quantitative estimate of drug-likeness (QED) is 0.778. The van der Waals surface area contributed by atoms with Gasteiger partial charge in [0, 0.05) is 17.8 Å². The number of anilines is 1. The van der Waals surface area contributed by atoms with E-state index in [0.29, 0.717) is 6.54 Å². The molecule has 19 heavy (non-hydrogen) atoms. The Morgan fingerprint density at radius 2 is 2.00 bits per heavy atom. The summed E-state index contributed by atoms with van der Waals surface area (Å²) in [4.78, 5) is 8.57. The summed E-state index contributed by atoms with van der Waals surface area (Å²) in [7, 11) is -1.75. The molecule has 2 N–H and O–H groups in total. The van der Waals surface area contributed by atoms with E-state index < -0.39 is 10.0 Å². The van der Waals surface area contributed by atoms with Gasteiger partial charge in [0.05, 0.1) is 5.75 Å². The second kappa shape index (κ2) is 6.29. The van der Waals surface area contributed by atoms with E-state index >= 15 is 0 Å². The average Bonchev–Trinajstić information content (AvgIpc) is 2.64. The fourth-order valence-electron chi connectivity index (χ4n) is 2.26. The second-order valence-corrected chi connectivity index (χ2v) is 6.70. The largest absolute Gasteiger partial charge is 0.369 e. The lowest BCUT2D eigenvalue weighted by molar-refractivity contribution is 0.588. The Balaban J connectivity index is 2.05. The van der Waals surface area contributed by atoms with Crippen molar-refractivity contribution >= 4 is 15.8 Å². The van der Waals surface area contributed by atoms with Crippen molar-refractivity contribution in [3.63, 3.8) is 0 Å². The summed E-state index contributed by atoms with van der Waals surface area (Å²) in [5, 5.41) is 3.12. The smallest absolute Gasteiger partial charge is 0.213 e. The highest BCUT2D eigenvalue weighted by Gasteiger charge is 2.14. The highest BCUT2D eigenvalue weighted by molar-refractivity contribution is 7.89. The number of aromatic nitrogens is 2. The van der Waals surface area contributed by atoms with Gasteiger partial charge < -0.3 is 5.32 Å². The van der Waals surface area contributed by atoms with Crippen molar-refractivity contribution in [2.45, 2.75) is 32.1 Å².